The van der Waals surface area contributed by atoms with Gasteiger partial charge in [-0.2, -0.15) is 0 Å². The molecule has 3 atom stereocenters. The van der Waals surface area contributed by atoms with Gasteiger partial charge in [0.25, 0.3) is 0 Å². The number of carbonyl (C=O) groups is 1. The second-order valence-corrected chi connectivity index (χ2v) is 5.97. The van der Waals surface area contributed by atoms with Crippen LogP contribution in [0.3, 0.4) is 0 Å². The average Bonchev–Trinajstić information content (AvgIpc) is 3.03. The first-order chi connectivity index (χ1) is 8.15. The summed E-state index contributed by atoms with van der Waals surface area (Å²) >= 11 is 0. The number of allylic oxidation sites excluding steroid dienone is 3. The third kappa shape index (κ3) is 1.65. The molecule has 0 aliphatic heterocycles. The molecule has 2 nitrogen and oxygen atoms in total. The fourth-order valence-corrected chi connectivity index (χ4v) is 3.69. The first kappa shape index (κ1) is 11.1. The maximum absolute atomic E-state index is 11.9. The molecule has 92 valence electrons. The molecule has 0 heterocycles. The van der Waals surface area contributed by atoms with Crippen LogP contribution in [0.25, 0.3) is 0 Å². The van der Waals surface area contributed by atoms with Gasteiger partial charge in [0.2, 0.25) is 0 Å². The lowest BCUT2D eigenvalue weighted by atomic mass is 9.76. The summed E-state index contributed by atoms with van der Waals surface area (Å²) in [4.78, 5) is 11.9. The van der Waals surface area contributed by atoms with E-state index in [4.69, 9.17) is 4.74 Å². The molecule has 0 aromatic carbocycles. The quantitative estimate of drug-likeness (QED) is 0.649. The van der Waals surface area contributed by atoms with Gasteiger partial charge >= 0.3 is 5.97 Å². The summed E-state index contributed by atoms with van der Waals surface area (Å²) in [7, 11) is 1.50. The Kier molecular flexibility index (Phi) is 2.42. The van der Waals surface area contributed by atoms with Gasteiger partial charge in [-0.15, -0.1) is 0 Å². The van der Waals surface area contributed by atoms with Crippen molar-refractivity contribution in [3.63, 3.8) is 0 Å². The van der Waals surface area contributed by atoms with Gasteiger partial charge in [0, 0.05) is 0 Å². The third-order valence-electron chi connectivity index (χ3n) is 4.79. The lowest BCUT2D eigenvalue weighted by Gasteiger charge is -2.28. The Morgan fingerprint density at radius 3 is 3.06 bits per heavy atom. The first-order valence-electron chi connectivity index (χ1n) is 6.63. The highest BCUT2D eigenvalue weighted by atomic mass is 16.5. The molecule has 17 heavy (non-hydrogen) atoms. The van der Waals surface area contributed by atoms with Gasteiger partial charge < -0.3 is 4.74 Å². The number of hydrogen-bond donors (Lipinski definition) is 0. The predicted octanol–water partition coefficient (Wildman–Crippen LogP) is 3.24. The molecule has 1 saturated carbocycles. The maximum atomic E-state index is 11.9. The van der Waals surface area contributed by atoms with Crippen LogP contribution in [0, 0.1) is 17.3 Å². The van der Waals surface area contributed by atoms with E-state index in [0.717, 1.165) is 18.8 Å². The van der Waals surface area contributed by atoms with Crippen molar-refractivity contribution in [2.45, 2.75) is 39.0 Å². The molecule has 2 unspecified atom stereocenters. The van der Waals surface area contributed by atoms with Crippen LogP contribution in [0.2, 0.25) is 0 Å². The monoisotopic (exact) mass is 232 g/mol. The maximum Gasteiger partial charge on any atom is 0.313 e. The lowest BCUT2D eigenvalue weighted by Crippen LogP contribution is -2.26. The summed E-state index contributed by atoms with van der Waals surface area (Å²) in [5, 5.41) is 0. The normalized spacial score (nSPS) is 39.2. The fourth-order valence-electron chi connectivity index (χ4n) is 3.69. The summed E-state index contributed by atoms with van der Waals surface area (Å²) in [5.74, 6) is 0.699. The van der Waals surface area contributed by atoms with E-state index in [1.807, 2.05) is 0 Å². The van der Waals surface area contributed by atoms with E-state index in [0.29, 0.717) is 5.41 Å². The Bertz CT molecular complexity index is 419. The molecule has 3 aliphatic rings. The minimum atomic E-state index is -0.0457. The summed E-state index contributed by atoms with van der Waals surface area (Å²) in [6, 6.07) is 0. The Morgan fingerprint density at radius 1 is 1.47 bits per heavy atom. The number of ether oxygens (including phenoxy) is 1. The van der Waals surface area contributed by atoms with Crippen LogP contribution >= 0.6 is 0 Å². The fraction of sp³-hybridized carbons (Fsp3) is 0.667. The second kappa shape index (κ2) is 3.72. The molecule has 3 rings (SSSR count). The van der Waals surface area contributed by atoms with E-state index in [1.165, 1.54) is 31.9 Å². The highest BCUT2D eigenvalue weighted by Gasteiger charge is 2.57. The molecule has 0 N–H and O–H groups in total. The highest BCUT2D eigenvalue weighted by molar-refractivity contribution is 5.78. The van der Waals surface area contributed by atoms with Crippen molar-refractivity contribution in [3.8, 4) is 0 Å². The molecular formula is C15H20O2. The Labute approximate surface area is 103 Å². The number of carbonyl (C=O) groups excluding carboxylic acids is 1. The Balaban J connectivity index is 2.01. The van der Waals surface area contributed by atoms with Gasteiger partial charge in [-0.25, -0.2) is 0 Å². The van der Waals surface area contributed by atoms with Crippen LogP contribution in [0.15, 0.2) is 23.3 Å². The molecule has 1 fully saturated rings. The zero-order valence-electron chi connectivity index (χ0n) is 10.7. The molecule has 0 amide bonds. The standard InChI is InChI=1S/C15H20O2/c1-15-8-12(14(16)17-2)10-6-4-3-5-7-11(10)13(15)9-15/h4,6,12-13H,3,5,7-9H2,1-2H3/t12-,13?,15?/m1/s1. The van der Waals surface area contributed by atoms with Gasteiger partial charge in [-0.05, 0) is 49.0 Å². The zero-order chi connectivity index (χ0) is 12.0. The molecular weight excluding hydrogens is 212 g/mol. The van der Waals surface area contributed by atoms with Gasteiger partial charge in [-0.3, -0.25) is 4.79 Å². The topological polar surface area (TPSA) is 26.3 Å². The Hall–Kier alpha value is -1.05. The van der Waals surface area contributed by atoms with Crippen molar-refractivity contribution in [1.29, 1.82) is 0 Å². The van der Waals surface area contributed by atoms with E-state index >= 15 is 0 Å². The summed E-state index contributed by atoms with van der Waals surface area (Å²) < 4.78 is 4.98. The van der Waals surface area contributed by atoms with Crippen LogP contribution < -0.4 is 0 Å². The second-order valence-electron chi connectivity index (χ2n) is 5.97. The summed E-state index contributed by atoms with van der Waals surface area (Å²) in [6.07, 6.45) is 10.2. The van der Waals surface area contributed by atoms with Crippen molar-refractivity contribution in [2.24, 2.45) is 17.3 Å². The van der Waals surface area contributed by atoms with Crippen LogP contribution in [0.4, 0.5) is 0 Å². The molecule has 0 aromatic heterocycles. The highest BCUT2D eigenvalue weighted by Crippen LogP contribution is 2.65. The average molecular weight is 232 g/mol. The third-order valence-corrected chi connectivity index (χ3v) is 4.79. The number of rotatable bonds is 1. The van der Waals surface area contributed by atoms with Crippen LogP contribution in [0.5, 0.6) is 0 Å². The number of esters is 1. The van der Waals surface area contributed by atoms with Crippen molar-refractivity contribution in [2.75, 3.05) is 7.11 Å². The first-order valence-corrected chi connectivity index (χ1v) is 6.63. The van der Waals surface area contributed by atoms with E-state index in [9.17, 15) is 4.79 Å². The van der Waals surface area contributed by atoms with Crippen molar-refractivity contribution < 1.29 is 9.53 Å². The molecule has 0 bridgehead atoms. The van der Waals surface area contributed by atoms with Crippen LogP contribution in [-0.4, -0.2) is 13.1 Å². The Morgan fingerprint density at radius 2 is 2.29 bits per heavy atom. The predicted molar refractivity (Wildman–Crippen MR) is 66.4 cm³/mol. The molecule has 2 heteroatoms. The minimum Gasteiger partial charge on any atom is -0.469 e. The smallest absolute Gasteiger partial charge is 0.313 e. The molecule has 0 aromatic rings. The van der Waals surface area contributed by atoms with E-state index in [-0.39, 0.29) is 11.9 Å². The van der Waals surface area contributed by atoms with Crippen molar-refractivity contribution in [1.82, 2.24) is 0 Å². The van der Waals surface area contributed by atoms with Crippen LogP contribution in [-0.2, 0) is 9.53 Å². The molecule has 0 spiro atoms. The number of fused-ring (bicyclic) bond motifs is 2. The molecule has 3 aliphatic carbocycles. The summed E-state index contributed by atoms with van der Waals surface area (Å²) in [5.41, 5.74) is 3.23. The molecule has 0 saturated heterocycles. The SMILES string of the molecule is COC(=O)[C@@H]1CC2(C)CC2C2=C1C=CCCC2. The van der Waals surface area contributed by atoms with Gasteiger partial charge in [0.15, 0.2) is 0 Å². The number of methoxy groups -OCH3 is 1. The van der Waals surface area contributed by atoms with E-state index in [2.05, 4.69) is 19.1 Å². The van der Waals surface area contributed by atoms with Crippen molar-refractivity contribution >= 4 is 5.97 Å². The largest absolute Gasteiger partial charge is 0.469 e. The number of hydrogen-bond acceptors (Lipinski definition) is 2. The zero-order valence-corrected chi connectivity index (χ0v) is 10.7. The lowest BCUT2D eigenvalue weighted by molar-refractivity contribution is -0.144. The summed E-state index contributed by atoms with van der Waals surface area (Å²) in [6.45, 7) is 2.33. The van der Waals surface area contributed by atoms with Gasteiger partial charge in [-0.1, -0.05) is 24.6 Å². The van der Waals surface area contributed by atoms with Gasteiger partial charge in [0.1, 0.15) is 0 Å². The molecule has 0 radical (unpaired) electrons. The van der Waals surface area contributed by atoms with E-state index in [1.54, 1.807) is 5.57 Å². The van der Waals surface area contributed by atoms with E-state index < -0.39 is 0 Å². The van der Waals surface area contributed by atoms with Gasteiger partial charge in [0.05, 0.1) is 13.0 Å². The van der Waals surface area contributed by atoms with Crippen molar-refractivity contribution in [3.05, 3.63) is 23.3 Å². The van der Waals surface area contributed by atoms with Crippen LogP contribution in [0.1, 0.15) is 39.0 Å². The minimum absolute atomic E-state index is 0.00639.